The van der Waals surface area contributed by atoms with Crippen LogP contribution in [0.1, 0.15) is 37.1 Å². The lowest BCUT2D eigenvalue weighted by atomic mass is 9.91. The Hall–Kier alpha value is -1.65. The van der Waals surface area contributed by atoms with Crippen LogP contribution in [0.3, 0.4) is 0 Å². The molecule has 0 spiro atoms. The van der Waals surface area contributed by atoms with E-state index in [-0.39, 0.29) is 0 Å². The zero-order valence-electron chi connectivity index (χ0n) is 15.2. The van der Waals surface area contributed by atoms with Crippen molar-refractivity contribution in [2.75, 3.05) is 13.1 Å². The van der Waals surface area contributed by atoms with E-state index in [2.05, 4.69) is 57.9 Å². The quantitative estimate of drug-likeness (QED) is 0.885. The van der Waals surface area contributed by atoms with Gasteiger partial charge in [0.2, 0.25) is 0 Å². The van der Waals surface area contributed by atoms with E-state index in [1.54, 1.807) is 0 Å². The van der Waals surface area contributed by atoms with Crippen LogP contribution < -0.4 is 5.32 Å². The molecule has 24 heavy (non-hydrogen) atoms. The first-order chi connectivity index (χ1) is 11.6. The molecule has 0 aliphatic carbocycles. The van der Waals surface area contributed by atoms with Crippen molar-refractivity contribution >= 4 is 0 Å². The highest BCUT2D eigenvalue weighted by atomic mass is 15.1. The average Bonchev–Trinajstić information content (AvgIpc) is 2.93. The lowest BCUT2D eigenvalue weighted by Crippen LogP contribution is -2.38. The zero-order chi connectivity index (χ0) is 16.9. The first kappa shape index (κ1) is 17.2. The lowest BCUT2D eigenvalue weighted by Gasteiger charge is -2.35. The fraction of sp³-hybridized carbons (Fsp3) is 0.550. The van der Waals surface area contributed by atoms with Gasteiger partial charge in [0.1, 0.15) is 0 Å². The maximum atomic E-state index is 4.17. The van der Waals surface area contributed by atoms with Crippen molar-refractivity contribution < 1.29 is 0 Å². The molecular formula is C20H30N4. The number of hydrogen-bond donors (Lipinski definition) is 1. The molecule has 1 aliphatic rings. The number of likely N-dealkylation sites (tertiary alicyclic amines) is 1. The van der Waals surface area contributed by atoms with Crippen molar-refractivity contribution in [3.63, 3.8) is 0 Å². The molecule has 130 valence electrons. The predicted molar refractivity (Wildman–Crippen MR) is 98.4 cm³/mol. The monoisotopic (exact) mass is 326 g/mol. The van der Waals surface area contributed by atoms with Crippen molar-refractivity contribution in [1.29, 1.82) is 0 Å². The average molecular weight is 326 g/mol. The number of nitrogens with one attached hydrogen (secondary N) is 1. The normalized spacial score (nSPS) is 22.0. The standard InChI is InChI=1S/C20H30N4/c1-16-8-17(2)13-24(12-16)14-19-7-5-4-6-18(19)9-21-10-20-11-22-15-23(20)3/h4-7,11,15-17,21H,8-10,12-14H2,1-3H3/t16-,17+. The molecule has 1 N–H and O–H groups in total. The van der Waals surface area contributed by atoms with Gasteiger partial charge in [-0.1, -0.05) is 38.1 Å². The van der Waals surface area contributed by atoms with Crippen LogP contribution in [0.25, 0.3) is 0 Å². The van der Waals surface area contributed by atoms with Gasteiger partial charge in [0.15, 0.2) is 0 Å². The van der Waals surface area contributed by atoms with Gasteiger partial charge in [-0.15, -0.1) is 0 Å². The summed E-state index contributed by atoms with van der Waals surface area (Å²) >= 11 is 0. The maximum Gasteiger partial charge on any atom is 0.0945 e. The molecule has 2 atom stereocenters. The van der Waals surface area contributed by atoms with E-state index in [1.165, 1.54) is 36.3 Å². The van der Waals surface area contributed by atoms with Crippen LogP contribution >= 0.6 is 0 Å². The smallest absolute Gasteiger partial charge is 0.0945 e. The fourth-order valence-electron chi connectivity index (χ4n) is 3.93. The first-order valence-corrected chi connectivity index (χ1v) is 9.07. The molecule has 4 nitrogen and oxygen atoms in total. The van der Waals surface area contributed by atoms with E-state index in [0.29, 0.717) is 0 Å². The third kappa shape index (κ3) is 4.46. The van der Waals surface area contributed by atoms with E-state index in [4.69, 9.17) is 0 Å². The van der Waals surface area contributed by atoms with Crippen LogP contribution in [-0.4, -0.2) is 27.5 Å². The number of imidazole rings is 1. The minimum atomic E-state index is 0.809. The number of nitrogens with zero attached hydrogens (tertiary/aromatic N) is 3. The third-order valence-electron chi connectivity index (χ3n) is 4.99. The molecule has 0 amide bonds. The van der Waals surface area contributed by atoms with E-state index < -0.39 is 0 Å². The summed E-state index contributed by atoms with van der Waals surface area (Å²) in [5.74, 6) is 1.62. The van der Waals surface area contributed by atoms with Crippen molar-refractivity contribution in [2.24, 2.45) is 18.9 Å². The molecule has 1 saturated heterocycles. The summed E-state index contributed by atoms with van der Waals surface area (Å²) < 4.78 is 2.06. The van der Waals surface area contributed by atoms with E-state index in [0.717, 1.165) is 31.5 Å². The molecule has 1 fully saturated rings. The molecule has 0 unspecified atom stereocenters. The van der Waals surface area contributed by atoms with E-state index in [1.807, 2.05) is 19.6 Å². The molecule has 0 saturated carbocycles. The van der Waals surface area contributed by atoms with Gasteiger partial charge in [-0.25, -0.2) is 4.98 Å². The van der Waals surface area contributed by atoms with Gasteiger partial charge in [-0.05, 0) is 29.4 Å². The van der Waals surface area contributed by atoms with Crippen molar-refractivity contribution in [1.82, 2.24) is 19.8 Å². The molecule has 2 aromatic rings. The molecular weight excluding hydrogens is 296 g/mol. The molecule has 1 aromatic carbocycles. The highest BCUT2D eigenvalue weighted by Gasteiger charge is 2.22. The van der Waals surface area contributed by atoms with Crippen molar-refractivity contribution in [2.45, 2.75) is 39.9 Å². The molecule has 4 heteroatoms. The van der Waals surface area contributed by atoms with Crippen LogP contribution in [0, 0.1) is 11.8 Å². The topological polar surface area (TPSA) is 33.1 Å². The van der Waals surface area contributed by atoms with Gasteiger partial charge in [-0.2, -0.15) is 0 Å². The predicted octanol–water partition coefficient (Wildman–Crippen LogP) is 3.19. The number of aryl methyl sites for hydroxylation is 1. The Morgan fingerprint density at radius 3 is 2.46 bits per heavy atom. The van der Waals surface area contributed by atoms with Crippen LogP contribution in [-0.2, 0) is 26.7 Å². The summed E-state index contributed by atoms with van der Waals surface area (Å²) in [5.41, 5.74) is 4.08. The number of hydrogen-bond acceptors (Lipinski definition) is 3. The number of piperidine rings is 1. The van der Waals surface area contributed by atoms with Crippen molar-refractivity contribution in [3.05, 3.63) is 53.6 Å². The van der Waals surface area contributed by atoms with Crippen LogP contribution in [0.5, 0.6) is 0 Å². The number of rotatable bonds is 6. The van der Waals surface area contributed by atoms with Gasteiger partial charge >= 0.3 is 0 Å². The minimum absolute atomic E-state index is 0.809. The Labute approximate surface area is 145 Å². The Bertz CT molecular complexity index is 639. The third-order valence-corrected chi connectivity index (χ3v) is 4.99. The summed E-state index contributed by atoms with van der Waals surface area (Å²) in [6.45, 7) is 10.0. The Morgan fingerprint density at radius 1 is 1.08 bits per heavy atom. The van der Waals surface area contributed by atoms with E-state index >= 15 is 0 Å². The summed E-state index contributed by atoms with van der Waals surface area (Å²) in [6.07, 6.45) is 5.14. The molecule has 3 rings (SSSR count). The highest BCUT2D eigenvalue weighted by molar-refractivity contribution is 5.27. The second-order valence-corrected chi connectivity index (χ2v) is 7.51. The molecule has 0 radical (unpaired) electrons. The van der Waals surface area contributed by atoms with Crippen molar-refractivity contribution in [3.8, 4) is 0 Å². The van der Waals surface area contributed by atoms with Gasteiger partial charge in [0.05, 0.1) is 12.0 Å². The van der Waals surface area contributed by atoms with E-state index in [9.17, 15) is 0 Å². The molecule has 2 heterocycles. The van der Waals surface area contributed by atoms with Gasteiger partial charge in [-0.3, -0.25) is 4.90 Å². The van der Waals surface area contributed by atoms with Gasteiger partial charge in [0, 0.05) is 46.0 Å². The maximum absolute atomic E-state index is 4.17. The first-order valence-electron chi connectivity index (χ1n) is 9.07. The van der Waals surface area contributed by atoms with Crippen LogP contribution in [0.15, 0.2) is 36.8 Å². The number of aromatic nitrogens is 2. The molecule has 1 aliphatic heterocycles. The molecule has 0 bridgehead atoms. The summed E-state index contributed by atoms with van der Waals surface area (Å²) in [6, 6.07) is 8.84. The Morgan fingerprint density at radius 2 is 1.79 bits per heavy atom. The van der Waals surface area contributed by atoms with Gasteiger partial charge in [0.25, 0.3) is 0 Å². The lowest BCUT2D eigenvalue weighted by molar-refractivity contribution is 0.134. The summed E-state index contributed by atoms with van der Waals surface area (Å²) in [7, 11) is 2.04. The fourth-order valence-corrected chi connectivity index (χ4v) is 3.93. The highest BCUT2D eigenvalue weighted by Crippen LogP contribution is 2.23. The summed E-state index contributed by atoms with van der Waals surface area (Å²) in [5, 5.41) is 3.56. The number of benzene rings is 1. The largest absolute Gasteiger partial charge is 0.337 e. The van der Waals surface area contributed by atoms with Gasteiger partial charge < -0.3 is 9.88 Å². The second-order valence-electron chi connectivity index (χ2n) is 7.51. The Balaban J connectivity index is 1.59. The van der Waals surface area contributed by atoms with Crippen LogP contribution in [0.4, 0.5) is 0 Å². The SMILES string of the molecule is C[C@@H]1C[C@H](C)CN(Cc2ccccc2CNCc2cncn2C)C1. The second kappa shape index (κ2) is 7.95. The Kier molecular flexibility index (Phi) is 5.69. The zero-order valence-corrected chi connectivity index (χ0v) is 15.2. The van der Waals surface area contributed by atoms with Crippen LogP contribution in [0.2, 0.25) is 0 Å². The summed E-state index contributed by atoms with van der Waals surface area (Å²) in [4.78, 5) is 6.80. The minimum Gasteiger partial charge on any atom is -0.337 e. The molecule has 1 aromatic heterocycles.